The molecule has 0 bridgehead atoms. The molecule has 88 valence electrons. The molecule has 0 aliphatic rings. The zero-order chi connectivity index (χ0) is 12.4. The van der Waals surface area contributed by atoms with Crippen molar-refractivity contribution < 1.29 is 9.13 Å². The molecule has 2 N–H and O–H groups in total. The van der Waals surface area contributed by atoms with Crippen LogP contribution in [0.25, 0.3) is 0 Å². The summed E-state index contributed by atoms with van der Waals surface area (Å²) in [5.41, 5.74) is 7.31. The van der Waals surface area contributed by atoms with E-state index in [1.54, 1.807) is 12.1 Å². The number of nitrogen functional groups attached to an aromatic ring is 1. The van der Waals surface area contributed by atoms with Crippen molar-refractivity contribution in [2.45, 2.75) is 6.92 Å². The van der Waals surface area contributed by atoms with Gasteiger partial charge in [0.15, 0.2) is 5.75 Å². The summed E-state index contributed by atoms with van der Waals surface area (Å²) in [6.45, 7) is 1.93. The molecule has 0 saturated heterocycles. The molecule has 2 rings (SSSR count). The van der Waals surface area contributed by atoms with E-state index in [0.717, 1.165) is 5.56 Å². The van der Waals surface area contributed by atoms with Gasteiger partial charge in [0.1, 0.15) is 11.6 Å². The number of hydrogen-bond acceptors (Lipinski definition) is 2. The summed E-state index contributed by atoms with van der Waals surface area (Å²) in [4.78, 5) is 0. The fourth-order valence-electron chi connectivity index (χ4n) is 1.41. The summed E-state index contributed by atoms with van der Waals surface area (Å²) in [5, 5.41) is 0.214. The molecule has 0 aliphatic carbocycles. The van der Waals surface area contributed by atoms with Crippen molar-refractivity contribution >= 4 is 17.3 Å². The van der Waals surface area contributed by atoms with Gasteiger partial charge in [-0.25, -0.2) is 4.39 Å². The predicted octanol–water partition coefficient (Wildman–Crippen LogP) is 4.16. The number of hydrogen-bond donors (Lipinski definition) is 1. The largest absolute Gasteiger partial charge is 0.454 e. The number of benzene rings is 2. The van der Waals surface area contributed by atoms with E-state index in [1.165, 1.54) is 18.2 Å². The van der Waals surface area contributed by atoms with Crippen molar-refractivity contribution in [3.05, 3.63) is 52.8 Å². The van der Waals surface area contributed by atoms with Gasteiger partial charge in [0.2, 0.25) is 0 Å². The van der Waals surface area contributed by atoms with Crippen LogP contribution < -0.4 is 10.5 Å². The first-order valence-corrected chi connectivity index (χ1v) is 5.43. The van der Waals surface area contributed by atoms with Crippen LogP contribution in [0.5, 0.6) is 11.5 Å². The molecular formula is C13H11ClFNO. The van der Waals surface area contributed by atoms with Crippen molar-refractivity contribution in [1.82, 2.24) is 0 Å². The second kappa shape index (κ2) is 4.63. The standard InChI is InChI=1S/C13H11ClFNO/c1-8-2-4-11(16)13(6-8)17-12-5-3-9(15)7-10(12)14/h2-7H,16H2,1H3. The van der Waals surface area contributed by atoms with Crippen LogP contribution in [0.4, 0.5) is 10.1 Å². The first-order valence-electron chi connectivity index (χ1n) is 5.05. The second-order valence-corrected chi connectivity index (χ2v) is 4.13. The summed E-state index contributed by atoms with van der Waals surface area (Å²) in [6, 6.07) is 9.39. The molecule has 0 saturated carbocycles. The molecule has 0 spiro atoms. The van der Waals surface area contributed by atoms with Crippen molar-refractivity contribution in [2.24, 2.45) is 0 Å². The summed E-state index contributed by atoms with van der Waals surface area (Å²) in [7, 11) is 0. The van der Waals surface area contributed by atoms with Gasteiger partial charge >= 0.3 is 0 Å². The highest BCUT2D eigenvalue weighted by atomic mass is 35.5. The minimum Gasteiger partial charge on any atom is -0.454 e. The van der Waals surface area contributed by atoms with Gasteiger partial charge < -0.3 is 10.5 Å². The van der Waals surface area contributed by atoms with Crippen LogP contribution >= 0.6 is 11.6 Å². The Labute approximate surface area is 104 Å². The number of halogens is 2. The van der Waals surface area contributed by atoms with Crippen LogP contribution in [0.3, 0.4) is 0 Å². The maximum Gasteiger partial charge on any atom is 0.150 e. The van der Waals surface area contributed by atoms with Crippen molar-refractivity contribution in [3.63, 3.8) is 0 Å². The van der Waals surface area contributed by atoms with E-state index in [9.17, 15) is 4.39 Å². The maximum atomic E-state index is 12.9. The topological polar surface area (TPSA) is 35.2 Å². The van der Waals surface area contributed by atoms with E-state index < -0.39 is 5.82 Å². The smallest absolute Gasteiger partial charge is 0.150 e. The third-order valence-electron chi connectivity index (χ3n) is 2.28. The minimum atomic E-state index is -0.403. The van der Waals surface area contributed by atoms with Gasteiger partial charge in [-0.3, -0.25) is 0 Å². The van der Waals surface area contributed by atoms with E-state index in [1.807, 2.05) is 13.0 Å². The fourth-order valence-corrected chi connectivity index (χ4v) is 1.61. The van der Waals surface area contributed by atoms with Gasteiger partial charge in [-0.2, -0.15) is 0 Å². The zero-order valence-corrected chi connectivity index (χ0v) is 9.96. The van der Waals surface area contributed by atoms with Gasteiger partial charge in [-0.15, -0.1) is 0 Å². The van der Waals surface area contributed by atoms with Crippen LogP contribution in [0, 0.1) is 12.7 Å². The van der Waals surface area contributed by atoms with Gasteiger partial charge in [0, 0.05) is 0 Å². The highest BCUT2D eigenvalue weighted by Crippen LogP contribution is 2.33. The van der Waals surface area contributed by atoms with Gasteiger partial charge in [0.05, 0.1) is 10.7 Å². The van der Waals surface area contributed by atoms with Crippen LogP contribution in [0.15, 0.2) is 36.4 Å². The van der Waals surface area contributed by atoms with Crippen molar-refractivity contribution in [3.8, 4) is 11.5 Å². The lowest BCUT2D eigenvalue weighted by Gasteiger charge is -2.10. The third kappa shape index (κ3) is 2.68. The average molecular weight is 252 g/mol. The fraction of sp³-hybridized carbons (Fsp3) is 0.0769. The first kappa shape index (κ1) is 11.7. The van der Waals surface area contributed by atoms with Crippen LogP contribution in [0.2, 0.25) is 5.02 Å². The molecule has 0 aromatic heterocycles. The summed E-state index contributed by atoms with van der Waals surface area (Å²) in [5.74, 6) is 0.489. The Morgan fingerprint density at radius 3 is 2.59 bits per heavy atom. The monoisotopic (exact) mass is 251 g/mol. The molecule has 2 aromatic carbocycles. The number of nitrogens with two attached hydrogens (primary N) is 1. The highest BCUT2D eigenvalue weighted by Gasteiger charge is 2.07. The maximum absolute atomic E-state index is 12.9. The van der Waals surface area contributed by atoms with E-state index in [-0.39, 0.29) is 5.02 Å². The molecule has 0 heterocycles. The lowest BCUT2D eigenvalue weighted by Crippen LogP contribution is -1.93. The average Bonchev–Trinajstić information content (AvgIpc) is 2.27. The highest BCUT2D eigenvalue weighted by molar-refractivity contribution is 6.32. The summed E-state index contributed by atoms with van der Waals surface area (Å²) >= 11 is 5.87. The van der Waals surface area contributed by atoms with Crippen LogP contribution in [0.1, 0.15) is 5.56 Å². The molecule has 2 nitrogen and oxygen atoms in total. The minimum absolute atomic E-state index is 0.214. The Morgan fingerprint density at radius 2 is 1.88 bits per heavy atom. The van der Waals surface area contributed by atoms with E-state index in [0.29, 0.717) is 17.2 Å². The Bertz CT molecular complexity index is 557. The lowest BCUT2D eigenvalue weighted by atomic mass is 10.2. The molecule has 17 heavy (non-hydrogen) atoms. The van der Waals surface area contributed by atoms with Gasteiger partial charge in [-0.1, -0.05) is 17.7 Å². The quantitative estimate of drug-likeness (QED) is 0.814. The molecule has 0 unspecified atom stereocenters. The molecule has 0 amide bonds. The number of aryl methyl sites for hydroxylation is 1. The number of ether oxygens (including phenoxy) is 1. The SMILES string of the molecule is Cc1ccc(N)c(Oc2ccc(F)cc2Cl)c1. The van der Waals surface area contributed by atoms with Crippen LogP contribution in [-0.4, -0.2) is 0 Å². The molecule has 2 aromatic rings. The van der Waals surface area contributed by atoms with Crippen LogP contribution in [-0.2, 0) is 0 Å². The molecule has 0 fully saturated rings. The Balaban J connectivity index is 2.34. The van der Waals surface area contributed by atoms with E-state index in [4.69, 9.17) is 22.1 Å². The Morgan fingerprint density at radius 1 is 1.12 bits per heavy atom. The molecule has 4 heteroatoms. The lowest BCUT2D eigenvalue weighted by molar-refractivity contribution is 0.483. The van der Waals surface area contributed by atoms with Gasteiger partial charge in [0.25, 0.3) is 0 Å². The second-order valence-electron chi connectivity index (χ2n) is 3.72. The normalized spacial score (nSPS) is 10.3. The van der Waals surface area contributed by atoms with E-state index in [2.05, 4.69) is 0 Å². The first-order chi connectivity index (χ1) is 8.06. The number of anilines is 1. The molecular weight excluding hydrogens is 241 g/mol. The molecule has 0 radical (unpaired) electrons. The predicted molar refractivity (Wildman–Crippen MR) is 67.1 cm³/mol. The van der Waals surface area contributed by atoms with Crippen molar-refractivity contribution in [1.29, 1.82) is 0 Å². The zero-order valence-electron chi connectivity index (χ0n) is 9.21. The summed E-state index contributed by atoms with van der Waals surface area (Å²) < 4.78 is 18.4. The molecule has 0 aliphatic heterocycles. The van der Waals surface area contributed by atoms with E-state index >= 15 is 0 Å². The van der Waals surface area contributed by atoms with Crippen molar-refractivity contribution in [2.75, 3.05) is 5.73 Å². The molecule has 0 atom stereocenters. The Hall–Kier alpha value is -1.74. The number of rotatable bonds is 2. The summed E-state index contributed by atoms with van der Waals surface area (Å²) in [6.07, 6.45) is 0. The third-order valence-corrected chi connectivity index (χ3v) is 2.58. The van der Waals surface area contributed by atoms with Gasteiger partial charge in [-0.05, 0) is 42.8 Å². The Kier molecular flexibility index (Phi) is 3.20.